The zero-order valence-corrected chi connectivity index (χ0v) is 20.5. The van der Waals surface area contributed by atoms with Crippen LogP contribution < -0.4 is 14.8 Å². The molecular weight excluding hydrogens is 412 g/mol. The second kappa shape index (κ2) is 14.9. The number of allylic oxidation sites excluding steroid dienone is 3. The summed E-state index contributed by atoms with van der Waals surface area (Å²) in [5, 5.41) is 3.06. The van der Waals surface area contributed by atoms with Crippen molar-refractivity contribution < 1.29 is 14.3 Å². The number of carbonyl (C=O) groups excluding carboxylic acids is 1. The van der Waals surface area contributed by atoms with E-state index in [0.29, 0.717) is 0 Å². The van der Waals surface area contributed by atoms with Crippen LogP contribution in [0.15, 0.2) is 61.0 Å². The molecule has 33 heavy (non-hydrogen) atoms. The summed E-state index contributed by atoms with van der Waals surface area (Å²) in [7, 11) is 3.34. The number of benzene rings is 1. The maximum Gasteiger partial charge on any atom is 0.244 e. The van der Waals surface area contributed by atoms with Crippen LogP contribution in [0.25, 0.3) is 5.57 Å². The topological polar surface area (TPSA) is 60.5 Å². The number of ether oxygens (including phenoxy) is 2. The second-order valence-electron chi connectivity index (χ2n) is 8.21. The van der Waals surface area contributed by atoms with Gasteiger partial charge in [-0.05, 0) is 68.4 Å². The third-order valence-electron chi connectivity index (χ3n) is 5.56. The van der Waals surface area contributed by atoms with Crippen molar-refractivity contribution in [1.29, 1.82) is 0 Å². The molecule has 0 saturated carbocycles. The molecule has 0 unspecified atom stereocenters. The van der Waals surface area contributed by atoms with Gasteiger partial charge < -0.3 is 14.8 Å². The molecule has 0 aliphatic heterocycles. The molecule has 0 aliphatic carbocycles. The number of nitrogens with one attached hydrogen (secondary N) is 1. The second-order valence-corrected chi connectivity index (χ2v) is 8.21. The minimum Gasteiger partial charge on any atom is -0.496 e. The lowest BCUT2D eigenvalue weighted by atomic mass is 9.97. The average molecular weight is 451 g/mol. The van der Waals surface area contributed by atoms with Crippen LogP contribution in [0.1, 0.15) is 63.5 Å². The van der Waals surface area contributed by atoms with Crippen LogP contribution in [0.2, 0.25) is 0 Å². The van der Waals surface area contributed by atoms with E-state index in [1.165, 1.54) is 5.56 Å². The standard InChI is InChI=1S/C28H38N2O3/c1-5-6-7-15-24(28-25(32-3)17-10-18-26(28)33-4)16-9-19-27(31)30-22(2)12-8-13-23-14-11-20-29-21-23/h9-11,14,16-22H,5-8,12-13,15H2,1-4H3,(H,30,31)/b19-9+,24-16+/t22-/m1/s1. The minimum absolute atomic E-state index is 0.0833. The lowest BCUT2D eigenvalue weighted by Crippen LogP contribution is -2.31. The van der Waals surface area contributed by atoms with E-state index >= 15 is 0 Å². The number of aromatic nitrogens is 1. The zero-order chi connectivity index (χ0) is 23.9. The lowest BCUT2D eigenvalue weighted by Gasteiger charge is -2.16. The van der Waals surface area contributed by atoms with Crippen LogP contribution in [0.5, 0.6) is 11.5 Å². The Bertz CT molecular complexity index is 884. The number of carbonyl (C=O) groups is 1. The lowest BCUT2D eigenvalue weighted by molar-refractivity contribution is -0.117. The molecule has 2 aromatic rings. The number of hydrogen-bond donors (Lipinski definition) is 1. The fraction of sp³-hybridized carbons (Fsp3) is 0.429. The van der Waals surface area contributed by atoms with Gasteiger partial charge in [-0.3, -0.25) is 9.78 Å². The Labute approximate surface area is 198 Å². The molecule has 5 nitrogen and oxygen atoms in total. The van der Waals surface area contributed by atoms with Crippen LogP contribution >= 0.6 is 0 Å². The number of unbranched alkanes of at least 4 members (excludes halogenated alkanes) is 2. The van der Waals surface area contributed by atoms with E-state index in [1.54, 1.807) is 26.5 Å². The molecule has 0 radical (unpaired) electrons. The van der Waals surface area contributed by atoms with Gasteiger partial charge in [0.05, 0.1) is 19.8 Å². The molecule has 0 spiro atoms. The Hall–Kier alpha value is -3.08. The van der Waals surface area contributed by atoms with Gasteiger partial charge in [0.2, 0.25) is 5.91 Å². The Morgan fingerprint density at radius 2 is 1.85 bits per heavy atom. The number of methoxy groups -OCH3 is 2. The zero-order valence-electron chi connectivity index (χ0n) is 20.5. The van der Waals surface area contributed by atoms with Crippen molar-refractivity contribution in [1.82, 2.24) is 10.3 Å². The number of hydrogen-bond acceptors (Lipinski definition) is 4. The van der Waals surface area contributed by atoms with E-state index in [4.69, 9.17) is 9.47 Å². The molecule has 1 atom stereocenters. The van der Waals surface area contributed by atoms with Crippen molar-refractivity contribution in [3.63, 3.8) is 0 Å². The molecule has 0 bridgehead atoms. The fourth-order valence-electron chi connectivity index (χ4n) is 3.80. The summed E-state index contributed by atoms with van der Waals surface area (Å²) in [6.45, 7) is 4.23. The highest BCUT2D eigenvalue weighted by atomic mass is 16.5. The van der Waals surface area contributed by atoms with E-state index in [9.17, 15) is 4.79 Å². The molecule has 2 rings (SSSR count). The molecule has 1 aromatic carbocycles. The molecule has 1 aromatic heterocycles. The van der Waals surface area contributed by atoms with Gasteiger partial charge >= 0.3 is 0 Å². The fourth-order valence-corrected chi connectivity index (χ4v) is 3.80. The summed E-state index contributed by atoms with van der Waals surface area (Å²) in [4.78, 5) is 16.6. The summed E-state index contributed by atoms with van der Waals surface area (Å²) in [6.07, 6.45) is 16.2. The monoisotopic (exact) mass is 450 g/mol. The first-order chi connectivity index (χ1) is 16.1. The molecule has 1 heterocycles. The van der Waals surface area contributed by atoms with Crippen LogP contribution in [-0.2, 0) is 11.2 Å². The van der Waals surface area contributed by atoms with E-state index in [2.05, 4.69) is 23.3 Å². The van der Waals surface area contributed by atoms with Crippen molar-refractivity contribution in [2.45, 2.75) is 64.8 Å². The van der Waals surface area contributed by atoms with Crippen LogP contribution in [0.4, 0.5) is 0 Å². The molecule has 5 heteroatoms. The average Bonchev–Trinajstić information content (AvgIpc) is 2.83. The third kappa shape index (κ3) is 9.13. The molecule has 0 fully saturated rings. The number of aryl methyl sites for hydroxylation is 1. The maximum atomic E-state index is 12.4. The molecular formula is C28H38N2O3. The van der Waals surface area contributed by atoms with Gasteiger partial charge in [0.15, 0.2) is 0 Å². The van der Waals surface area contributed by atoms with Crippen molar-refractivity contribution >= 4 is 11.5 Å². The van der Waals surface area contributed by atoms with Crippen molar-refractivity contribution in [2.75, 3.05) is 14.2 Å². The van der Waals surface area contributed by atoms with Gasteiger partial charge in [-0.25, -0.2) is 0 Å². The van der Waals surface area contributed by atoms with E-state index < -0.39 is 0 Å². The van der Waals surface area contributed by atoms with Gasteiger partial charge in [0.25, 0.3) is 0 Å². The molecule has 178 valence electrons. The van der Waals surface area contributed by atoms with Crippen molar-refractivity contribution in [2.24, 2.45) is 0 Å². The number of rotatable bonds is 14. The Balaban J connectivity index is 2.00. The van der Waals surface area contributed by atoms with Gasteiger partial charge in [-0.15, -0.1) is 0 Å². The first-order valence-corrected chi connectivity index (χ1v) is 11.9. The van der Waals surface area contributed by atoms with E-state index in [1.807, 2.05) is 49.5 Å². The molecule has 0 aliphatic rings. The SMILES string of the molecule is CCCCC/C(=C\C=C\C(=O)N[C@H](C)CCCc1cccnc1)c1c(OC)cccc1OC. The summed E-state index contributed by atoms with van der Waals surface area (Å²) < 4.78 is 11.2. The van der Waals surface area contributed by atoms with Crippen molar-refractivity contribution in [3.8, 4) is 11.5 Å². The summed E-state index contributed by atoms with van der Waals surface area (Å²) in [6, 6.07) is 9.95. The maximum absolute atomic E-state index is 12.4. The molecule has 1 N–H and O–H groups in total. The minimum atomic E-state index is -0.0833. The van der Waals surface area contributed by atoms with Gasteiger partial charge in [-0.1, -0.05) is 44.1 Å². The Kier molecular flexibility index (Phi) is 11.8. The smallest absolute Gasteiger partial charge is 0.244 e. The van der Waals surface area contributed by atoms with Crippen molar-refractivity contribution in [3.05, 3.63) is 72.1 Å². The summed E-state index contributed by atoms with van der Waals surface area (Å²) >= 11 is 0. The largest absolute Gasteiger partial charge is 0.496 e. The van der Waals surface area contributed by atoms with Gasteiger partial charge in [0.1, 0.15) is 11.5 Å². The predicted octanol–water partition coefficient (Wildman–Crippen LogP) is 6.15. The van der Waals surface area contributed by atoms with Crippen LogP contribution in [0.3, 0.4) is 0 Å². The third-order valence-corrected chi connectivity index (χ3v) is 5.56. The van der Waals surface area contributed by atoms with Gasteiger partial charge in [0, 0.05) is 24.5 Å². The highest BCUT2D eigenvalue weighted by Crippen LogP contribution is 2.37. The number of amides is 1. The summed E-state index contributed by atoms with van der Waals surface area (Å²) in [5.74, 6) is 1.47. The quantitative estimate of drug-likeness (QED) is 0.213. The van der Waals surface area contributed by atoms with Crippen LogP contribution in [-0.4, -0.2) is 31.2 Å². The predicted molar refractivity (Wildman–Crippen MR) is 136 cm³/mol. The van der Waals surface area contributed by atoms with Gasteiger partial charge in [-0.2, -0.15) is 0 Å². The summed E-state index contributed by atoms with van der Waals surface area (Å²) in [5.41, 5.74) is 3.28. The highest BCUT2D eigenvalue weighted by molar-refractivity contribution is 5.88. The van der Waals surface area contributed by atoms with E-state index in [-0.39, 0.29) is 11.9 Å². The number of nitrogens with zero attached hydrogens (tertiary/aromatic N) is 1. The van der Waals surface area contributed by atoms with E-state index in [0.717, 1.165) is 67.6 Å². The normalized spacial score (nSPS) is 12.5. The van der Waals surface area contributed by atoms with Crippen LogP contribution in [0, 0.1) is 0 Å². The first kappa shape index (κ1) is 26.2. The molecule has 0 saturated heterocycles. The highest BCUT2D eigenvalue weighted by Gasteiger charge is 2.14. The number of pyridine rings is 1. The Morgan fingerprint density at radius 1 is 1.09 bits per heavy atom. The Morgan fingerprint density at radius 3 is 2.48 bits per heavy atom. The first-order valence-electron chi connectivity index (χ1n) is 11.9. The molecule has 1 amide bonds.